The maximum atomic E-state index is 13.1. The van der Waals surface area contributed by atoms with Crippen LogP contribution in [0.1, 0.15) is 15.9 Å². The summed E-state index contributed by atoms with van der Waals surface area (Å²) < 4.78 is 39.2. The molecule has 0 heterocycles. The van der Waals surface area contributed by atoms with Crippen LogP contribution in [0.3, 0.4) is 0 Å². The van der Waals surface area contributed by atoms with E-state index >= 15 is 0 Å². The summed E-state index contributed by atoms with van der Waals surface area (Å²) in [6.45, 7) is 0.0594. The van der Waals surface area contributed by atoms with Crippen molar-refractivity contribution in [1.29, 1.82) is 0 Å². The van der Waals surface area contributed by atoms with Crippen LogP contribution in [-0.2, 0) is 6.54 Å². The van der Waals surface area contributed by atoms with Gasteiger partial charge in [0.2, 0.25) is 6.17 Å². The molecule has 0 aromatic heterocycles. The van der Waals surface area contributed by atoms with E-state index in [1.165, 1.54) is 24.3 Å². The van der Waals surface area contributed by atoms with Crippen LogP contribution in [0.5, 0.6) is 0 Å². The van der Waals surface area contributed by atoms with Crippen LogP contribution in [0, 0.1) is 0 Å². The Labute approximate surface area is 142 Å². The van der Waals surface area contributed by atoms with Crippen LogP contribution in [0.25, 0.3) is 0 Å². The highest BCUT2D eigenvalue weighted by atomic mass is 19.4. The molecule has 0 spiro atoms. The van der Waals surface area contributed by atoms with Gasteiger partial charge in [0.05, 0.1) is 0 Å². The zero-order valence-electron chi connectivity index (χ0n) is 13.0. The van der Waals surface area contributed by atoms with Crippen LogP contribution in [0.15, 0.2) is 60.7 Å². The molecule has 5 nitrogen and oxygen atoms in total. The summed E-state index contributed by atoms with van der Waals surface area (Å²) in [6, 6.07) is 15.1. The number of alkyl halides is 3. The van der Waals surface area contributed by atoms with E-state index in [0.29, 0.717) is 0 Å². The Bertz CT molecular complexity index is 706. The summed E-state index contributed by atoms with van der Waals surface area (Å²) in [7, 11) is 0. The average molecular weight is 351 g/mol. The van der Waals surface area contributed by atoms with E-state index in [0.717, 1.165) is 5.56 Å². The molecule has 0 aliphatic rings. The van der Waals surface area contributed by atoms with Crippen molar-refractivity contribution in [3.05, 3.63) is 71.8 Å². The summed E-state index contributed by atoms with van der Waals surface area (Å²) in [4.78, 5) is 23.6. The van der Waals surface area contributed by atoms with Gasteiger partial charge in [0.25, 0.3) is 5.91 Å². The average Bonchev–Trinajstić information content (AvgIpc) is 2.60. The molecular weight excluding hydrogens is 335 g/mol. The third-order valence-electron chi connectivity index (χ3n) is 3.21. The van der Waals surface area contributed by atoms with E-state index < -0.39 is 24.3 Å². The molecule has 2 aromatic carbocycles. The Hall–Kier alpha value is -3.03. The molecule has 0 bridgehead atoms. The van der Waals surface area contributed by atoms with Crippen LogP contribution in [0.2, 0.25) is 0 Å². The van der Waals surface area contributed by atoms with E-state index in [1.54, 1.807) is 47.0 Å². The number of rotatable bonds is 5. The number of carbonyl (C=O) groups is 2. The van der Waals surface area contributed by atoms with Crippen molar-refractivity contribution in [3.8, 4) is 0 Å². The number of hydrogen-bond acceptors (Lipinski definition) is 2. The van der Waals surface area contributed by atoms with Gasteiger partial charge >= 0.3 is 12.2 Å². The molecule has 2 rings (SSSR count). The molecule has 0 saturated heterocycles. The highest BCUT2D eigenvalue weighted by molar-refractivity contribution is 5.94. The van der Waals surface area contributed by atoms with E-state index in [4.69, 9.17) is 0 Å². The predicted octanol–water partition coefficient (Wildman–Crippen LogP) is 2.80. The third-order valence-corrected chi connectivity index (χ3v) is 3.21. The summed E-state index contributed by atoms with van der Waals surface area (Å²) >= 11 is 0. The lowest BCUT2D eigenvalue weighted by Gasteiger charge is -2.23. The van der Waals surface area contributed by atoms with Crippen LogP contribution >= 0.6 is 0 Å². The fraction of sp³-hybridized carbons (Fsp3) is 0.176. The first-order valence-electron chi connectivity index (χ1n) is 7.37. The molecule has 0 radical (unpaired) electrons. The highest BCUT2D eigenvalue weighted by Crippen LogP contribution is 2.19. The third kappa shape index (κ3) is 5.83. The molecule has 3 N–H and O–H groups in total. The Morgan fingerprint density at radius 3 is 2.00 bits per heavy atom. The zero-order valence-corrected chi connectivity index (χ0v) is 13.0. The fourth-order valence-corrected chi connectivity index (χ4v) is 1.96. The number of carbonyl (C=O) groups excluding carboxylic acids is 2. The van der Waals surface area contributed by atoms with E-state index in [-0.39, 0.29) is 12.1 Å². The number of halogens is 3. The first-order valence-corrected chi connectivity index (χ1v) is 7.37. The second-order valence-corrected chi connectivity index (χ2v) is 5.13. The zero-order chi connectivity index (χ0) is 18.3. The standard InChI is InChI=1S/C17H16F3N3O2/c18-17(19,20)15(22-14(24)13-9-5-2-6-10-13)23-16(25)21-11-12-7-3-1-4-8-12/h1-10,15H,11H2,(H,22,24)(H2,21,23,25)/t15-/m1/s1. The van der Waals surface area contributed by atoms with Gasteiger partial charge in [-0.3, -0.25) is 4.79 Å². The maximum absolute atomic E-state index is 13.1. The van der Waals surface area contributed by atoms with Crippen molar-refractivity contribution in [1.82, 2.24) is 16.0 Å². The Kier molecular flexibility index (Phi) is 5.99. The van der Waals surface area contributed by atoms with Crippen molar-refractivity contribution in [2.45, 2.75) is 18.9 Å². The smallest absolute Gasteiger partial charge is 0.334 e. The molecule has 0 aliphatic heterocycles. The minimum Gasteiger partial charge on any atom is -0.334 e. The summed E-state index contributed by atoms with van der Waals surface area (Å²) in [5, 5.41) is 5.80. The summed E-state index contributed by atoms with van der Waals surface area (Å²) in [5.41, 5.74) is 0.790. The summed E-state index contributed by atoms with van der Waals surface area (Å²) in [6.07, 6.45) is -7.34. The molecule has 0 saturated carbocycles. The number of amides is 3. The molecule has 8 heteroatoms. The highest BCUT2D eigenvalue weighted by Gasteiger charge is 2.42. The fourth-order valence-electron chi connectivity index (χ4n) is 1.96. The van der Waals surface area contributed by atoms with Crippen LogP contribution < -0.4 is 16.0 Å². The van der Waals surface area contributed by atoms with Crippen molar-refractivity contribution < 1.29 is 22.8 Å². The van der Waals surface area contributed by atoms with E-state index in [2.05, 4.69) is 5.32 Å². The predicted molar refractivity (Wildman–Crippen MR) is 85.6 cm³/mol. The number of hydrogen-bond donors (Lipinski definition) is 3. The van der Waals surface area contributed by atoms with Gasteiger partial charge in [-0.15, -0.1) is 0 Å². The van der Waals surface area contributed by atoms with Crippen molar-refractivity contribution in [2.24, 2.45) is 0 Å². The van der Waals surface area contributed by atoms with Crippen LogP contribution in [-0.4, -0.2) is 24.3 Å². The summed E-state index contributed by atoms with van der Waals surface area (Å²) in [5.74, 6) is -0.939. The lowest BCUT2D eigenvalue weighted by Crippen LogP contribution is -2.58. The van der Waals surface area contributed by atoms with Gasteiger partial charge < -0.3 is 16.0 Å². The van der Waals surface area contributed by atoms with Gasteiger partial charge in [-0.05, 0) is 17.7 Å². The monoisotopic (exact) mass is 351 g/mol. The van der Waals surface area contributed by atoms with Gasteiger partial charge in [-0.1, -0.05) is 48.5 Å². The second kappa shape index (κ2) is 8.18. The van der Waals surface area contributed by atoms with E-state index in [9.17, 15) is 22.8 Å². The molecule has 2 aromatic rings. The molecule has 1 atom stereocenters. The molecule has 0 aliphatic carbocycles. The normalized spacial score (nSPS) is 12.1. The molecule has 3 amide bonds. The maximum Gasteiger partial charge on any atom is 0.427 e. The van der Waals surface area contributed by atoms with Gasteiger partial charge in [0.15, 0.2) is 0 Å². The molecule has 0 unspecified atom stereocenters. The Morgan fingerprint density at radius 2 is 1.44 bits per heavy atom. The first kappa shape index (κ1) is 18.3. The molecule has 25 heavy (non-hydrogen) atoms. The number of urea groups is 1. The topological polar surface area (TPSA) is 70.2 Å². The molecule has 132 valence electrons. The Morgan fingerprint density at radius 1 is 0.880 bits per heavy atom. The quantitative estimate of drug-likeness (QED) is 0.725. The lowest BCUT2D eigenvalue weighted by atomic mass is 10.2. The number of benzene rings is 2. The minimum absolute atomic E-state index is 0.0586. The van der Waals surface area contributed by atoms with Crippen LogP contribution in [0.4, 0.5) is 18.0 Å². The molecule has 0 fully saturated rings. The van der Waals surface area contributed by atoms with Gasteiger partial charge in [-0.25, -0.2) is 4.79 Å². The van der Waals surface area contributed by atoms with Gasteiger partial charge in [0, 0.05) is 12.1 Å². The van der Waals surface area contributed by atoms with Gasteiger partial charge in [-0.2, -0.15) is 13.2 Å². The Balaban J connectivity index is 1.95. The largest absolute Gasteiger partial charge is 0.427 e. The minimum atomic E-state index is -4.84. The van der Waals surface area contributed by atoms with E-state index in [1.807, 2.05) is 0 Å². The SMILES string of the molecule is O=C(NCc1ccccc1)N[C@@H](NC(=O)c1ccccc1)C(F)(F)F. The second-order valence-electron chi connectivity index (χ2n) is 5.13. The van der Waals surface area contributed by atoms with Crippen molar-refractivity contribution in [2.75, 3.05) is 0 Å². The number of nitrogens with one attached hydrogen (secondary N) is 3. The van der Waals surface area contributed by atoms with Crippen molar-refractivity contribution >= 4 is 11.9 Å². The van der Waals surface area contributed by atoms with Crippen molar-refractivity contribution in [3.63, 3.8) is 0 Å². The van der Waals surface area contributed by atoms with Gasteiger partial charge in [0.1, 0.15) is 0 Å². The molecular formula is C17H16F3N3O2. The first-order chi connectivity index (χ1) is 11.9. The lowest BCUT2D eigenvalue weighted by molar-refractivity contribution is -0.157.